The van der Waals surface area contributed by atoms with Crippen LogP contribution in [0.15, 0.2) is 42.6 Å². The molecule has 0 saturated carbocycles. The quantitative estimate of drug-likeness (QED) is 0.783. The summed E-state index contributed by atoms with van der Waals surface area (Å²) < 4.78 is 0. The lowest BCUT2D eigenvalue weighted by atomic mass is 9.84. The van der Waals surface area contributed by atoms with Crippen molar-refractivity contribution in [2.24, 2.45) is 11.8 Å². The third-order valence-electron chi connectivity index (χ3n) is 7.24. The van der Waals surface area contributed by atoms with Crippen molar-refractivity contribution in [1.29, 1.82) is 0 Å². The van der Waals surface area contributed by atoms with E-state index in [1.54, 1.807) is 17.2 Å². The summed E-state index contributed by atoms with van der Waals surface area (Å²) in [6, 6.07) is 12.7. The van der Waals surface area contributed by atoms with Crippen LogP contribution >= 0.6 is 0 Å². The summed E-state index contributed by atoms with van der Waals surface area (Å²) >= 11 is 0. The molecule has 5 rings (SSSR count). The third kappa shape index (κ3) is 3.79. The van der Waals surface area contributed by atoms with Gasteiger partial charge in [0.25, 0.3) is 0 Å². The van der Waals surface area contributed by atoms with Gasteiger partial charge in [-0.3, -0.25) is 14.5 Å². The van der Waals surface area contributed by atoms with Gasteiger partial charge < -0.3 is 10.2 Å². The highest BCUT2D eigenvalue weighted by Gasteiger charge is 2.44. The molecule has 2 unspecified atom stereocenters. The Bertz CT molecular complexity index is 960. The topological polar surface area (TPSA) is 78.4 Å². The van der Waals surface area contributed by atoms with Gasteiger partial charge in [0.15, 0.2) is 5.82 Å². The van der Waals surface area contributed by atoms with Crippen LogP contribution in [0.5, 0.6) is 0 Å². The van der Waals surface area contributed by atoms with Crippen LogP contribution in [0.3, 0.4) is 0 Å². The largest absolute Gasteiger partial charge is 0.336 e. The predicted molar refractivity (Wildman–Crippen MR) is 122 cm³/mol. The molecule has 168 valence electrons. The minimum Gasteiger partial charge on any atom is -0.336 e. The second-order valence-electron chi connectivity index (χ2n) is 9.66. The highest BCUT2D eigenvalue weighted by molar-refractivity contribution is 6.01. The predicted octanol–water partition coefficient (Wildman–Crippen LogP) is 3.25. The van der Waals surface area contributed by atoms with Crippen molar-refractivity contribution in [3.05, 3.63) is 48.2 Å². The Morgan fingerprint density at radius 1 is 1.06 bits per heavy atom. The number of piperidine rings is 1. The average Bonchev–Trinajstić information content (AvgIpc) is 3.02. The first-order valence-electron chi connectivity index (χ1n) is 11.8. The van der Waals surface area contributed by atoms with Crippen LogP contribution in [0.1, 0.15) is 51.0 Å². The summed E-state index contributed by atoms with van der Waals surface area (Å²) in [5, 5.41) is 11.3. The molecule has 1 aromatic heterocycles. The normalized spacial score (nSPS) is 25.0. The molecule has 7 heteroatoms. The van der Waals surface area contributed by atoms with E-state index in [0.717, 1.165) is 31.4 Å². The lowest BCUT2D eigenvalue weighted by Gasteiger charge is -2.40. The van der Waals surface area contributed by atoms with Crippen LogP contribution in [0.25, 0.3) is 0 Å². The summed E-state index contributed by atoms with van der Waals surface area (Å²) in [6.07, 6.45) is 5.89. The Morgan fingerprint density at radius 2 is 1.75 bits per heavy atom. The molecule has 32 heavy (non-hydrogen) atoms. The maximum atomic E-state index is 13.1. The molecule has 3 saturated heterocycles. The summed E-state index contributed by atoms with van der Waals surface area (Å²) in [4.78, 5) is 29.7. The zero-order valence-electron chi connectivity index (χ0n) is 18.8. The Kier molecular flexibility index (Phi) is 5.67. The van der Waals surface area contributed by atoms with Gasteiger partial charge in [0.1, 0.15) is 0 Å². The van der Waals surface area contributed by atoms with Crippen LogP contribution in [-0.2, 0) is 9.59 Å². The first kappa shape index (κ1) is 21.1. The van der Waals surface area contributed by atoms with Crippen LogP contribution in [0.4, 0.5) is 11.5 Å². The van der Waals surface area contributed by atoms with E-state index >= 15 is 0 Å². The molecule has 2 bridgehead atoms. The van der Waals surface area contributed by atoms with Gasteiger partial charge in [0.2, 0.25) is 11.8 Å². The lowest BCUT2D eigenvalue weighted by molar-refractivity contribution is -0.139. The van der Waals surface area contributed by atoms with E-state index in [4.69, 9.17) is 0 Å². The van der Waals surface area contributed by atoms with Crippen molar-refractivity contribution < 1.29 is 9.59 Å². The first-order chi connectivity index (χ1) is 15.5. The van der Waals surface area contributed by atoms with Crippen molar-refractivity contribution in [1.82, 2.24) is 20.4 Å². The molecule has 4 heterocycles. The van der Waals surface area contributed by atoms with Crippen molar-refractivity contribution >= 4 is 23.3 Å². The minimum absolute atomic E-state index is 0.0323. The number of benzene rings is 1. The number of nitrogens with one attached hydrogen (secondary N) is 1. The molecular weight excluding hydrogens is 402 g/mol. The number of amides is 2. The van der Waals surface area contributed by atoms with Gasteiger partial charge in [-0.2, -0.15) is 5.10 Å². The van der Waals surface area contributed by atoms with E-state index in [1.165, 1.54) is 5.56 Å². The third-order valence-corrected chi connectivity index (χ3v) is 7.24. The second-order valence-corrected chi connectivity index (χ2v) is 9.66. The van der Waals surface area contributed by atoms with Crippen molar-refractivity contribution in [2.75, 3.05) is 18.0 Å². The van der Waals surface area contributed by atoms with Gasteiger partial charge in [-0.25, -0.2) is 0 Å². The van der Waals surface area contributed by atoms with Gasteiger partial charge in [0.05, 0.1) is 11.6 Å². The Balaban J connectivity index is 1.35. The summed E-state index contributed by atoms with van der Waals surface area (Å²) in [6.45, 7) is 5.39. The van der Waals surface area contributed by atoms with E-state index in [-0.39, 0.29) is 17.7 Å². The maximum Gasteiger partial charge on any atom is 0.238 e. The van der Waals surface area contributed by atoms with Crippen molar-refractivity contribution in [2.45, 2.75) is 57.5 Å². The van der Waals surface area contributed by atoms with Crippen LogP contribution in [0.2, 0.25) is 0 Å². The molecule has 1 aromatic carbocycles. The van der Waals surface area contributed by atoms with E-state index in [9.17, 15) is 9.59 Å². The molecule has 2 aromatic rings. The zero-order chi connectivity index (χ0) is 22.2. The Labute approximate surface area is 189 Å². The number of rotatable bonds is 5. The monoisotopic (exact) mass is 433 g/mol. The maximum absolute atomic E-state index is 13.1. The second kappa shape index (κ2) is 8.62. The average molecular weight is 434 g/mol. The van der Waals surface area contributed by atoms with Gasteiger partial charge in [-0.15, -0.1) is 5.10 Å². The highest BCUT2D eigenvalue weighted by atomic mass is 16.2. The van der Waals surface area contributed by atoms with E-state index < -0.39 is 0 Å². The van der Waals surface area contributed by atoms with Crippen LogP contribution in [-0.4, -0.2) is 52.1 Å². The molecule has 3 aliphatic heterocycles. The Hall–Kier alpha value is -2.80. The van der Waals surface area contributed by atoms with Crippen molar-refractivity contribution in [3.8, 4) is 0 Å². The number of carbonyl (C=O) groups is 2. The van der Waals surface area contributed by atoms with Gasteiger partial charge in [0, 0.05) is 37.3 Å². The van der Waals surface area contributed by atoms with Crippen LogP contribution < -0.4 is 10.2 Å². The summed E-state index contributed by atoms with van der Waals surface area (Å²) in [7, 11) is 0. The number of hydrogen-bond acceptors (Lipinski definition) is 5. The molecule has 2 amide bonds. The zero-order valence-corrected chi connectivity index (χ0v) is 18.8. The van der Waals surface area contributed by atoms with Gasteiger partial charge in [-0.05, 0) is 61.4 Å². The lowest BCUT2D eigenvalue weighted by Crippen LogP contribution is -2.51. The smallest absolute Gasteiger partial charge is 0.238 e. The molecule has 1 N–H and O–H groups in total. The van der Waals surface area contributed by atoms with Crippen molar-refractivity contribution in [3.63, 3.8) is 0 Å². The number of hydrogen-bond donors (Lipinski definition) is 1. The SMILES string of the molecule is CC(C)C(=O)N1C2CCC1CC(c1ccc(N(C(=O)C3CNC3)c3cccnn3)cc1)C2. The van der Waals surface area contributed by atoms with E-state index in [2.05, 4.69) is 32.5 Å². The number of fused-ring (bicyclic) bond motifs is 2. The summed E-state index contributed by atoms with van der Waals surface area (Å²) in [5.74, 6) is 1.38. The Morgan fingerprint density at radius 3 is 2.28 bits per heavy atom. The minimum atomic E-state index is -0.0323. The fourth-order valence-corrected chi connectivity index (χ4v) is 5.43. The van der Waals surface area contributed by atoms with Gasteiger partial charge >= 0.3 is 0 Å². The fourth-order valence-electron chi connectivity index (χ4n) is 5.43. The number of nitrogens with zero attached hydrogens (tertiary/aromatic N) is 4. The first-order valence-corrected chi connectivity index (χ1v) is 11.8. The number of anilines is 2. The highest BCUT2D eigenvalue weighted by Crippen LogP contribution is 2.44. The molecule has 0 radical (unpaired) electrons. The standard InChI is InChI=1S/C25H31N5O2/c1-16(2)24(31)29-21-9-10-22(29)13-18(12-21)17-5-7-20(8-6-17)30(23-4-3-11-27-28-23)25(32)19-14-26-15-19/h3-8,11,16,18-19,21-22,26H,9-10,12-15H2,1-2H3. The number of aromatic nitrogens is 2. The number of carbonyl (C=O) groups excluding carboxylic acids is 2. The fraction of sp³-hybridized carbons (Fsp3) is 0.520. The van der Waals surface area contributed by atoms with Gasteiger partial charge in [-0.1, -0.05) is 26.0 Å². The molecule has 0 aliphatic carbocycles. The molecule has 3 aliphatic rings. The molecular formula is C25H31N5O2. The van der Waals surface area contributed by atoms with E-state index in [1.807, 2.05) is 32.0 Å². The molecule has 0 spiro atoms. The van der Waals surface area contributed by atoms with Crippen LogP contribution in [0, 0.1) is 11.8 Å². The van der Waals surface area contributed by atoms with E-state index in [0.29, 0.717) is 42.8 Å². The molecule has 2 atom stereocenters. The molecule has 7 nitrogen and oxygen atoms in total. The molecule has 3 fully saturated rings. The summed E-state index contributed by atoms with van der Waals surface area (Å²) in [5.41, 5.74) is 2.11.